The number of benzene rings is 2. The minimum atomic E-state index is -3.87. The van der Waals surface area contributed by atoms with Crippen molar-refractivity contribution in [2.75, 3.05) is 14.2 Å². The van der Waals surface area contributed by atoms with Gasteiger partial charge in [0.05, 0.1) is 30.7 Å². The van der Waals surface area contributed by atoms with E-state index in [1.54, 1.807) is 56.5 Å². The molecule has 0 saturated heterocycles. The Morgan fingerprint density at radius 2 is 1.63 bits per heavy atom. The van der Waals surface area contributed by atoms with Crippen molar-refractivity contribution in [3.8, 4) is 5.75 Å². The molecule has 0 fully saturated rings. The lowest BCUT2D eigenvalue weighted by atomic mass is 9.99. The summed E-state index contributed by atoms with van der Waals surface area (Å²) in [4.78, 5) is 12.3. The van der Waals surface area contributed by atoms with Crippen molar-refractivity contribution < 1.29 is 22.7 Å². The SMILES string of the molecule is CC=C(C(=O)OC)C(NS(=O)(=O)c1ccc(C)cc1)c1ccc(OC)cc1. The van der Waals surface area contributed by atoms with Crippen molar-refractivity contribution in [2.45, 2.75) is 24.8 Å². The van der Waals surface area contributed by atoms with Gasteiger partial charge in [0.2, 0.25) is 10.0 Å². The highest BCUT2D eigenvalue weighted by atomic mass is 32.2. The Morgan fingerprint density at radius 1 is 1.04 bits per heavy atom. The lowest BCUT2D eigenvalue weighted by molar-refractivity contribution is -0.136. The predicted molar refractivity (Wildman–Crippen MR) is 103 cm³/mol. The van der Waals surface area contributed by atoms with Gasteiger partial charge in [0.15, 0.2) is 0 Å². The van der Waals surface area contributed by atoms with Gasteiger partial charge in [-0.25, -0.2) is 13.2 Å². The molecule has 0 heterocycles. The first-order chi connectivity index (χ1) is 12.8. The van der Waals surface area contributed by atoms with Gasteiger partial charge in [-0.05, 0) is 43.7 Å². The van der Waals surface area contributed by atoms with Gasteiger partial charge >= 0.3 is 5.97 Å². The summed E-state index contributed by atoms with van der Waals surface area (Å²) in [7, 11) is -1.07. The maximum Gasteiger partial charge on any atom is 0.335 e. The largest absolute Gasteiger partial charge is 0.497 e. The lowest BCUT2D eigenvalue weighted by Crippen LogP contribution is -2.32. The lowest BCUT2D eigenvalue weighted by Gasteiger charge is -2.21. The molecule has 0 aliphatic rings. The van der Waals surface area contributed by atoms with Gasteiger partial charge in [-0.15, -0.1) is 0 Å². The molecule has 7 heteroatoms. The Bertz CT molecular complexity index is 916. The fraction of sp³-hybridized carbons (Fsp3) is 0.250. The maximum atomic E-state index is 12.9. The molecule has 6 nitrogen and oxygen atoms in total. The first-order valence-corrected chi connectivity index (χ1v) is 9.78. The van der Waals surface area contributed by atoms with Crippen LogP contribution in [-0.4, -0.2) is 28.6 Å². The van der Waals surface area contributed by atoms with Gasteiger partial charge in [0.25, 0.3) is 0 Å². The number of rotatable bonds is 7. The third-order valence-electron chi connectivity index (χ3n) is 4.10. The number of hydrogen-bond donors (Lipinski definition) is 1. The predicted octanol–water partition coefficient (Wildman–Crippen LogP) is 3.14. The number of aryl methyl sites for hydroxylation is 1. The van der Waals surface area contributed by atoms with Crippen molar-refractivity contribution in [3.05, 3.63) is 71.3 Å². The number of methoxy groups -OCH3 is 2. The van der Waals surface area contributed by atoms with Crippen LogP contribution >= 0.6 is 0 Å². The number of carbonyl (C=O) groups excluding carboxylic acids is 1. The molecular formula is C20H23NO5S. The van der Waals surface area contributed by atoms with Crippen LogP contribution in [0.2, 0.25) is 0 Å². The van der Waals surface area contributed by atoms with Gasteiger partial charge in [-0.3, -0.25) is 0 Å². The molecule has 2 aromatic rings. The zero-order chi connectivity index (χ0) is 20.0. The Morgan fingerprint density at radius 3 is 2.11 bits per heavy atom. The van der Waals surface area contributed by atoms with Crippen LogP contribution in [0.15, 0.2) is 65.1 Å². The van der Waals surface area contributed by atoms with E-state index in [-0.39, 0.29) is 10.5 Å². The third kappa shape index (κ3) is 4.96. The molecule has 0 radical (unpaired) electrons. The molecule has 144 valence electrons. The molecule has 1 N–H and O–H groups in total. The summed E-state index contributed by atoms with van der Waals surface area (Å²) in [5.41, 5.74) is 1.73. The minimum absolute atomic E-state index is 0.118. The highest BCUT2D eigenvalue weighted by Gasteiger charge is 2.28. The second-order valence-electron chi connectivity index (χ2n) is 5.88. The summed E-state index contributed by atoms with van der Waals surface area (Å²) >= 11 is 0. The van der Waals surface area contributed by atoms with E-state index in [1.807, 2.05) is 6.92 Å². The fourth-order valence-electron chi connectivity index (χ4n) is 2.57. The second-order valence-corrected chi connectivity index (χ2v) is 7.59. The van der Waals surface area contributed by atoms with Gasteiger partial charge < -0.3 is 9.47 Å². The van der Waals surface area contributed by atoms with Crippen molar-refractivity contribution in [3.63, 3.8) is 0 Å². The van der Waals surface area contributed by atoms with Crippen molar-refractivity contribution in [1.29, 1.82) is 0 Å². The third-order valence-corrected chi connectivity index (χ3v) is 5.54. The maximum absolute atomic E-state index is 12.9. The highest BCUT2D eigenvalue weighted by Crippen LogP contribution is 2.27. The van der Waals surface area contributed by atoms with E-state index >= 15 is 0 Å². The van der Waals surface area contributed by atoms with E-state index in [1.165, 1.54) is 19.2 Å². The molecular weight excluding hydrogens is 366 g/mol. The number of carbonyl (C=O) groups is 1. The Balaban J connectivity index is 2.48. The molecule has 0 bridgehead atoms. The zero-order valence-corrected chi connectivity index (χ0v) is 16.5. The summed E-state index contributed by atoms with van der Waals surface area (Å²) in [6, 6.07) is 12.4. The van der Waals surface area contributed by atoms with Crippen LogP contribution in [0.1, 0.15) is 24.1 Å². The molecule has 27 heavy (non-hydrogen) atoms. The first kappa shape index (κ1) is 20.7. The molecule has 0 aliphatic carbocycles. The summed E-state index contributed by atoms with van der Waals surface area (Å²) in [5, 5.41) is 0. The molecule has 1 atom stereocenters. The van der Waals surface area contributed by atoms with Crippen LogP contribution in [0.25, 0.3) is 0 Å². The molecule has 0 spiro atoms. The number of nitrogens with one attached hydrogen (secondary N) is 1. The van der Waals surface area contributed by atoms with E-state index in [4.69, 9.17) is 9.47 Å². The van der Waals surface area contributed by atoms with Crippen molar-refractivity contribution in [2.24, 2.45) is 0 Å². The van der Waals surface area contributed by atoms with Crippen molar-refractivity contribution >= 4 is 16.0 Å². The topological polar surface area (TPSA) is 81.7 Å². The van der Waals surface area contributed by atoms with Gasteiger partial charge in [0.1, 0.15) is 5.75 Å². The Kier molecular flexibility index (Phi) is 6.76. The van der Waals surface area contributed by atoms with Crippen LogP contribution < -0.4 is 9.46 Å². The smallest absolute Gasteiger partial charge is 0.335 e. The van der Waals surface area contributed by atoms with Crippen LogP contribution in [0, 0.1) is 6.92 Å². The monoisotopic (exact) mass is 389 g/mol. The summed E-state index contributed by atoms with van der Waals surface area (Å²) in [6.07, 6.45) is 1.54. The number of sulfonamides is 1. The molecule has 0 aromatic heterocycles. The van der Waals surface area contributed by atoms with Gasteiger partial charge in [0, 0.05) is 0 Å². The second kappa shape index (κ2) is 8.83. The molecule has 0 aliphatic heterocycles. The van der Waals surface area contributed by atoms with Crippen LogP contribution in [0.4, 0.5) is 0 Å². The van der Waals surface area contributed by atoms with E-state index in [9.17, 15) is 13.2 Å². The van der Waals surface area contributed by atoms with E-state index < -0.39 is 22.0 Å². The van der Waals surface area contributed by atoms with Crippen LogP contribution in [-0.2, 0) is 19.6 Å². The Labute approximate surface area is 159 Å². The zero-order valence-electron chi connectivity index (χ0n) is 15.7. The van der Waals surface area contributed by atoms with Crippen molar-refractivity contribution in [1.82, 2.24) is 4.72 Å². The number of esters is 1. The quantitative estimate of drug-likeness (QED) is 0.581. The average Bonchev–Trinajstić information content (AvgIpc) is 2.67. The summed E-state index contributed by atoms with van der Waals surface area (Å²) in [6.45, 7) is 3.53. The van der Waals surface area contributed by atoms with E-state index in [2.05, 4.69) is 4.72 Å². The van der Waals surface area contributed by atoms with Crippen LogP contribution in [0.5, 0.6) is 5.75 Å². The fourth-order valence-corrected chi connectivity index (χ4v) is 3.77. The van der Waals surface area contributed by atoms with E-state index in [0.717, 1.165) is 5.56 Å². The number of allylic oxidation sites excluding steroid dienone is 1. The molecule has 0 saturated carbocycles. The van der Waals surface area contributed by atoms with Gasteiger partial charge in [-0.2, -0.15) is 4.72 Å². The molecule has 1 unspecified atom stereocenters. The first-order valence-electron chi connectivity index (χ1n) is 8.30. The van der Waals surface area contributed by atoms with Crippen LogP contribution in [0.3, 0.4) is 0 Å². The number of ether oxygens (including phenoxy) is 2. The highest BCUT2D eigenvalue weighted by molar-refractivity contribution is 7.89. The number of hydrogen-bond acceptors (Lipinski definition) is 5. The average molecular weight is 389 g/mol. The Hall–Kier alpha value is -2.64. The molecule has 0 amide bonds. The molecule has 2 aromatic carbocycles. The standard InChI is InChI=1S/C20H23NO5S/c1-5-18(20(22)26-4)19(15-8-10-16(25-3)11-9-15)21-27(23,24)17-12-6-14(2)7-13-17/h5-13,19,21H,1-4H3. The normalized spacial score (nSPS) is 13.1. The van der Waals surface area contributed by atoms with Gasteiger partial charge in [-0.1, -0.05) is 35.9 Å². The summed E-state index contributed by atoms with van der Waals surface area (Å²) < 4.78 is 38.3. The van der Waals surface area contributed by atoms with E-state index in [0.29, 0.717) is 11.3 Å². The minimum Gasteiger partial charge on any atom is -0.497 e. The summed E-state index contributed by atoms with van der Waals surface area (Å²) in [5.74, 6) is 0.0175. The molecule has 2 rings (SSSR count).